The highest BCUT2D eigenvalue weighted by Crippen LogP contribution is 2.43. The van der Waals surface area contributed by atoms with Crippen molar-refractivity contribution in [2.45, 2.75) is 51.5 Å². The predicted molar refractivity (Wildman–Crippen MR) is 87.0 cm³/mol. The summed E-state index contributed by atoms with van der Waals surface area (Å²) in [5.41, 5.74) is 9.82. The minimum atomic E-state index is -0.330. The second kappa shape index (κ2) is 4.70. The molecule has 1 aromatic carbocycles. The molecule has 0 spiro atoms. The van der Waals surface area contributed by atoms with Gasteiger partial charge < -0.3 is 10.7 Å². The van der Waals surface area contributed by atoms with Crippen molar-refractivity contribution < 1.29 is 0 Å². The predicted octanol–water partition coefficient (Wildman–Crippen LogP) is 3.96. The minimum Gasteiger partial charge on any atom is -0.340 e. The van der Waals surface area contributed by atoms with Crippen molar-refractivity contribution in [1.82, 2.24) is 9.97 Å². The van der Waals surface area contributed by atoms with Crippen molar-refractivity contribution in [3.8, 4) is 11.3 Å². The molecule has 1 heterocycles. The van der Waals surface area contributed by atoms with E-state index >= 15 is 0 Å². The lowest BCUT2D eigenvalue weighted by atomic mass is 9.86. The van der Waals surface area contributed by atoms with E-state index in [0.717, 1.165) is 17.1 Å². The molecule has 3 nitrogen and oxygen atoms in total. The van der Waals surface area contributed by atoms with Crippen LogP contribution < -0.4 is 5.73 Å². The summed E-state index contributed by atoms with van der Waals surface area (Å²) in [7, 11) is 0. The SMILES string of the molecule is CC(C)(C)c1ccc(-c2cnc(C(C)(N)C3CC3)[nH]2)cc1. The molecule has 0 amide bonds. The van der Waals surface area contributed by atoms with Crippen molar-refractivity contribution in [1.29, 1.82) is 0 Å². The summed E-state index contributed by atoms with van der Waals surface area (Å²) >= 11 is 0. The standard InChI is InChI=1S/C18H25N3/c1-17(2,3)13-7-5-12(6-8-13)15-11-20-16(21-15)18(4,19)14-9-10-14/h5-8,11,14H,9-10,19H2,1-4H3,(H,20,21). The second-order valence-electron chi connectivity index (χ2n) is 7.53. The third kappa shape index (κ3) is 2.75. The molecule has 1 unspecified atom stereocenters. The molecule has 0 aliphatic heterocycles. The number of rotatable bonds is 3. The van der Waals surface area contributed by atoms with Gasteiger partial charge in [-0.25, -0.2) is 4.98 Å². The number of nitrogens with one attached hydrogen (secondary N) is 1. The van der Waals surface area contributed by atoms with E-state index in [2.05, 4.69) is 61.9 Å². The van der Waals surface area contributed by atoms with Crippen molar-refractivity contribution in [2.75, 3.05) is 0 Å². The summed E-state index contributed by atoms with van der Waals surface area (Å²) in [4.78, 5) is 7.93. The molecule has 0 bridgehead atoms. The van der Waals surface area contributed by atoms with E-state index in [1.54, 1.807) is 0 Å². The van der Waals surface area contributed by atoms with Crippen LogP contribution in [0.2, 0.25) is 0 Å². The molecule has 0 radical (unpaired) electrons. The highest BCUT2D eigenvalue weighted by atomic mass is 15.0. The number of nitrogens with two attached hydrogens (primary N) is 1. The van der Waals surface area contributed by atoms with Gasteiger partial charge in [0.2, 0.25) is 0 Å². The highest BCUT2D eigenvalue weighted by Gasteiger charge is 2.41. The van der Waals surface area contributed by atoms with Crippen molar-refractivity contribution >= 4 is 0 Å². The molecule has 0 saturated heterocycles. The summed E-state index contributed by atoms with van der Waals surface area (Å²) in [5.74, 6) is 1.47. The van der Waals surface area contributed by atoms with Gasteiger partial charge in [0.1, 0.15) is 5.82 Å². The van der Waals surface area contributed by atoms with Crippen LogP contribution in [-0.4, -0.2) is 9.97 Å². The smallest absolute Gasteiger partial charge is 0.126 e. The fourth-order valence-corrected chi connectivity index (χ4v) is 2.77. The molecule has 1 saturated carbocycles. The average Bonchev–Trinajstić information content (AvgIpc) is 3.16. The Morgan fingerprint density at radius 2 is 1.71 bits per heavy atom. The Morgan fingerprint density at radius 1 is 1.10 bits per heavy atom. The molecule has 3 heteroatoms. The van der Waals surface area contributed by atoms with Gasteiger partial charge in [0, 0.05) is 0 Å². The van der Waals surface area contributed by atoms with Crippen LogP contribution in [0.1, 0.15) is 51.9 Å². The van der Waals surface area contributed by atoms with Crippen molar-refractivity contribution in [3.05, 3.63) is 41.9 Å². The van der Waals surface area contributed by atoms with E-state index < -0.39 is 0 Å². The summed E-state index contributed by atoms with van der Waals surface area (Å²) in [5, 5.41) is 0. The maximum absolute atomic E-state index is 6.42. The van der Waals surface area contributed by atoms with Crippen LogP contribution in [0, 0.1) is 5.92 Å². The molecule has 3 rings (SSSR count). The van der Waals surface area contributed by atoms with Gasteiger partial charge in [-0.1, -0.05) is 45.0 Å². The zero-order chi connectivity index (χ0) is 15.3. The molecule has 1 aliphatic carbocycles. The van der Waals surface area contributed by atoms with Gasteiger partial charge in [0.25, 0.3) is 0 Å². The quantitative estimate of drug-likeness (QED) is 0.896. The summed E-state index contributed by atoms with van der Waals surface area (Å²) in [6.07, 6.45) is 4.32. The molecule has 112 valence electrons. The van der Waals surface area contributed by atoms with Gasteiger partial charge in [0.05, 0.1) is 17.4 Å². The molecule has 2 aromatic rings. The van der Waals surface area contributed by atoms with Gasteiger partial charge in [-0.2, -0.15) is 0 Å². The minimum absolute atomic E-state index is 0.180. The maximum atomic E-state index is 6.42. The Kier molecular flexibility index (Phi) is 3.21. The maximum Gasteiger partial charge on any atom is 0.126 e. The normalized spacial score (nSPS) is 18.5. The van der Waals surface area contributed by atoms with Gasteiger partial charge in [0.15, 0.2) is 0 Å². The fraction of sp³-hybridized carbons (Fsp3) is 0.500. The zero-order valence-corrected chi connectivity index (χ0v) is 13.4. The Hall–Kier alpha value is -1.61. The number of H-pyrrole nitrogens is 1. The Bertz CT molecular complexity index is 625. The summed E-state index contributed by atoms with van der Waals surface area (Å²) in [6.45, 7) is 8.76. The number of hydrogen-bond acceptors (Lipinski definition) is 2. The first-order valence-corrected chi connectivity index (χ1v) is 7.74. The van der Waals surface area contributed by atoms with Gasteiger partial charge in [-0.3, -0.25) is 0 Å². The first-order chi connectivity index (χ1) is 9.78. The number of nitrogens with zero attached hydrogens (tertiary/aromatic N) is 1. The first-order valence-electron chi connectivity index (χ1n) is 7.74. The van der Waals surface area contributed by atoms with Crippen molar-refractivity contribution in [3.63, 3.8) is 0 Å². The van der Waals surface area contributed by atoms with Crippen LogP contribution in [-0.2, 0) is 11.0 Å². The Balaban J connectivity index is 1.86. The van der Waals surface area contributed by atoms with Crippen LogP contribution in [0.3, 0.4) is 0 Å². The third-order valence-electron chi connectivity index (χ3n) is 4.57. The van der Waals surface area contributed by atoms with Gasteiger partial charge >= 0.3 is 0 Å². The molecule has 1 atom stereocenters. The molecular weight excluding hydrogens is 258 g/mol. The molecule has 21 heavy (non-hydrogen) atoms. The third-order valence-corrected chi connectivity index (χ3v) is 4.57. The number of benzene rings is 1. The van der Waals surface area contributed by atoms with Crippen molar-refractivity contribution in [2.24, 2.45) is 11.7 Å². The molecule has 3 N–H and O–H groups in total. The number of hydrogen-bond donors (Lipinski definition) is 2. The van der Waals surface area contributed by atoms with E-state index in [0.29, 0.717) is 5.92 Å². The zero-order valence-electron chi connectivity index (χ0n) is 13.4. The van der Waals surface area contributed by atoms with E-state index in [-0.39, 0.29) is 11.0 Å². The van der Waals surface area contributed by atoms with Crippen LogP contribution in [0.25, 0.3) is 11.3 Å². The lowest BCUT2D eigenvalue weighted by Crippen LogP contribution is -2.36. The largest absolute Gasteiger partial charge is 0.340 e. The lowest BCUT2D eigenvalue weighted by Gasteiger charge is -2.21. The topological polar surface area (TPSA) is 54.7 Å². The van der Waals surface area contributed by atoms with Crippen LogP contribution in [0.4, 0.5) is 0 Å². The highest BCUT2D eigenvalue weighted by molar-refractivity contribution is 5.59. The van der Waals surface area contributed by atoms with Crippen LogP contribution in [0.15, 0.2) is 30.5 Å². The average molecular weight is 283 g/mol. The number of aromatic amines is 1. The molecular formula is C18H25N3. The summed E-state index contributed by atoms with van der Waals surface area (Å²) in [6, 6.07) is 8.70. The van der Waals surface area contributed by atoms with Gasteiger partial charge in [-0.15, -0.1) is 0 Å². The monoisotopic (exact) mass is 283 g/mol. The van der Waals surface area contributed by atoms with Crippen LogP contribution >= 0.6 is 0 Å². The first kappa shape index (κ1) is 14.3. The van der Waals surface area contributed by atoms with Gasteiger partial charge in [-0.05, 0) is 42.2 Å². The Morgan fingerprint density at radius 3 is 2.24 bits per heavy atom. The van der Waals surface area contributed by atoms with E-state index in [1.807, 2.05) is 6.20 Å². The molecule has 1 aliphatic rings. The molecule has 1 aromatic heterocycles. The lowest BCUT2D eigenvalue weighted by molar-refractivity contribution is 0.404. The Labute approximate surface area is 127 Å². The van der Waals surface area contributed by atoms with E-state index in [1.165, 1.54) is 18.4 Å². The summed E-state index contributed by atoms with van der Waals surface area (Å²) < 4.78 is 0. The van der Waals surface area contributed by atoms with E-state index in [4.69, 9.17) is 5.73 Å². The molecule has 1 fully saturated rings. The second-order valence-corrected chi connectivity index (χ2v) is 7.53. The number of imidazole rings is 1. The van der Waals surface area contributed by atoms with E-state index in [9.17, 15) is 0 Å². The fourth-order valence-electron chi connectivity index (χ4n) is 2.77. The van der Waals surface area contributed by atoms with Crippen LogP contribution in [0.5, 0.6) is 0 Å². The number of aromatic nitrogens is 2.